The summed E-state index contributed by atoms with van der Waals surface area (Å²) in [4.78, 5) is 16.3. The molecular formula is C27H31N7O2S. The van der Waals surface area contributed by atoms with Crippen LogP contribution < -0.4 is 15.4 Å². The van der Waals surface area contributed by atoms with Gasteiger partial charge in [0.15, 0.2) is 0 Å². The Bertz CT molecular complexity index is 1500. The summed E-state index contributed by atoms with van der Waals surface area (Å²) in [6.45, 7) is 6.14. The minimum atomic E-state index is -3.39. The van der Waals surface area contributed by atoms with Gasteiger partial charge in [0, 0.05) is 47.7 Å². The highest BCUT2D eigenvalue weighted by Crippen LogP contribution is 2.29. The van der Waals surface area contributed by atoms with Crippen molar-refractivity contribution < 1.29 is 8.42 Å². The lowest BCUT2D eigenvalue weighted by atomic mass is 10.0. The largest absolute Gasteiger partial charge is 0.369 e. The molecule has 2 aromatic carbocycles. The Kier molecular flexibility index (Phi) is 7.20. The number of hydrogen-bond acceptors (Lipinski definition) is 8. The van der Waals surface area contributed by atoms with E-state index < -0.39 is 10.0 Å². The lowest BCUT2D eigenvalue weighted by Crippen LogP contribution is -2.26. The van der Waals surface area contributed by atoms with Gasteiger partial charge in [-0.25, -0.2) is 23.4 Å². The zero-order valence-corrected chi connectivity index (χ0v) is 21.8. The first-order valence-corrected chi connectivity index (χ1v) is 14.3. The summed E-state index contributed by atoms with van der Waals surface area (Å²) in [6.07, 6.45) is 7.37. The van der Waals surface area contributed by atoms with Crippen LogP contribution in [0.5, 0.6) is 0 Å². The van der Waals surface area contributed by atoms with Gasteiger partial charge in [-0.3, -0.25) is 4.72 Å². The lowest BCUT2D eigenvalue weighted by molar-refractivity contribution is 0.352. The summed E-state index contributed by atoms with van der Waals surface area (Å²) in [5, 5.41) is 7.53. The van der Waals surface area contributed by atoms with Crippen LogP contribution >= 0.6 is 0 Å². The number of likely N-dealkylation sites (tertiary alicyclic amines) is 1. The Labute approximate surface area is 217 Å². The highest BCUT2D eigenvalue weighted by molar-refractivity contribution is 7.92. The van der Waals surface area contributed by atoms with Gasteiger partial charge in [0.1, 0.15) is 5.82 Å². The van der Waals surface area contributed by atoms with Gasteiger partial charge in [-0.05, 0) is 62.7 Å². The molecule has 3 N–H and O–H groups in total. The fourth-order valence-corrected chi connectivity index (χ4v) is 5.11. The maximum atomic E-state index is 11.7. The Hall–Kier alpha value is -3.76. The molecule has 9 nitrogen and oxygen atoms in total. The Morgan fingerprint density at radius 1 is 1.00 bits per heavy atom. The Balaban J connectivity index is 1.35. The summed E-state index contributed by atoms with van der Waals surface area (Å²) in [5.74, 6) is 1.28. The summed E-state index contributed by atoms with van der Waals surface area (Å²) in [5.41, 5.74) is 4.74. The van der Waals surface area contributed by atoms with Crippen molar-refractivity contribution in [2.24, 2.45) is 0 Å². The van der Waals surface area contributed by atoms with Crippen molar-refractivity contribution in [3.05, 3.63) is 66.5 Å². The van der Waals surface area contributed by atoms with Crippen LogP contribution in [0.15, 0.2) is 60.9 Å². The molecule has 0 bridgehead atoms. The number of anilines is 4. The molecular weight excluding hydrogens is 486 g/mol. The van der Waals surface area contributed by atoms with E-state index in [9.17, 15) is 8.42 Å². The predicted molar refractivity (Wildman–Crippen MR) is 150 cm³/mol. The molecule has 0 unspecified atom stereocenters. The summed E-state index contributed by atoms with van der Waals surface area (Å²) < 4.78 is 25.9. The van der Waals surface area contributed by atoms with Crippen LogP contribution in [0.4, 0.5) is 23.1 Å². The molecule has 5 rings (SSSR count). The van der Waals surface area contributed by atoms with E-state index in [1.807, 2.05) is 49.5 Å². The molecule has 37 heavy (non-hydrogen) atoms. The molecule has 0 aliphatic carbocycles. The standard InChI is InChI=1S/C27H31N7O2S/c1-19-8-10-22(16-24(19)33-37(2,35)36)31-27-30-18-21-6-5-7-23(26(21)32-27)20-9-11-25(29-17-20)28-12-15-34-13-3-4-14-34/h5-11,16-18,33H,3-4,12-15H2,1-2H3,(H,28,29)(H,30,31,32). The molecule has 1 aliphatic rings. The van der Waals surface area contributed by atoms with E-state index in [4.69, 9.17) is 4.98 Å². The minimum Gasteiger partial charge on any atom is -0.369 e. The fraction of sp³-hybridized carbons (Fsp3) is 0.296. The smallest absolute Gasteiger partial charge is 0.229 e. The molecule has 10 heteroatoms. The average Bonchev–Trinajstić information content (AvgIpc) is 3.39. The number of aromatic nitrogens is 3. The second-order valence-corrected chi connectivity index (χ2v) is 11.1. The number of hydrogen-bond donors (Lipinski definition) is 3. The van der Waals surface area contributed by atoms with Gasteiger partial charge < -0.3 is 15.5 Å². The van der Waals surface area contributed by atoms with Crippen LogP contribution in [-0.4, -0.2) is 60.7 Å². The molecule has 0 spiro atoms. The van der Waals surface area contributed by atoms with Gasteiger partial charge >= 0.3 is 0 Å². The molecule has 0 amide bonds. The van der Waals surface area contributed by atoms with Gasteiger partial charge in [0.2, 0.25) is 16.0 Å². The number of nitrogens with one attached hydrogen (secondary N) is 3. The monoisotopic (exact) mass is 517 g/mol. The van der Waals surface area contributed by atoms with Gasteiger partial charge in [-0.15, -0.1) is 0 Å². The van der Waals surface area contributed by atoms with Crippen molar-refractivity contribution in [1.29, 1.82) is 0 Å². The summed E-state index contributed by atoms with van der Waals surface area (Å²) in [6, 6.07) is 15.5. The topological polar surface area (TPSA) is 112 Å². The number of sulfonamides is 1. The minimum absolute atomic E-state index is 0.419. The zero-order chi connectivity index (χ0) is 25.8. The maximum absolute atomic E-state index is 11.7. The number of para-hydroxylation sites is 1. The average molecular weight is 518 g/mol. The predicted octanol–water partition coefficient (Wildman–Crippen LogP) is 4.62. The van der Waals surface area contributed by atoms with Crippen LogP contribution in [0, 0.1) is 6.92 Å². The normalized spacial score (nSPS) is 14.1. The van der Waals surface area contributed by atoms with E-state index in [-0.39, 0.29) is 0 Å². The van der Waals surface area contributed by atoms with Gasteiger partial charge in [-0.1, -0.05) is 24.3 Å². The third-order valence-electron chi connectivity index (χ3n) is 6.41. The number of rotatable bonds is 9. The van der Waals surface area contributed by atoms with E-state index in [0.29, 0.717) is 17.3 Å². The number of aryl methyl sites for hydroxylation is 1. The van der Waals surface area contributed by atoms with Crippen molar-refractivity contribution in [3.63, 3.8) is 0 Å². The molecule has 4 aromatic rings. The molecule has 1 aliphatic heterocycles. The second kappa shape index (κ2) is 10.7. The molecule has 0 saturated carbocycles. The highest BCUT2D eigenvalue weighted by atomic mass is 32.2. The Morgan fingerprint density at radius 3 is 2.59 bits per heavy atom. The number of nitrogens with zero attached hydrogens (tertiary/aromatic N) is 4. The van der Waals surface area contributed by atoms with Crippen LogP contribution in [0.25, 0.3) is 22.0 Å². The van der Waals surface area contributed by atoms with E-state index in [1.165, 1.54) is 25.9 Å². The van der Waals surface area contributed by atoms with Crippen LogP contribution in [-0.2, 0) is 10.0 Å². The van der Waals surface area contributed by atoms with E-state index in [2.05, 4.69) is 36.3 Å². The SMILES string of the molecule is Cc1ccc(Nc2ncc3cccc(-c4ccc(NCCN5CCCC5)nc4)c3n2)cc1NS(C)(=O)=O. The fourth-order valence-electron chi connectivity index (χ4n) is 4.49. The van der Waals surface area contributed by atoms with Crippen LogP contribution in [0.3, 0.4) is 0 Å². The quantitative estimate of drug-likeness (QED) is 0.295. The van der Waals surface area contributed by atoms with Crippen molar-refractivity contribution in [1.82, 2.24) is 19.9 Å². The van der Waals surface area contributed by atoms with Crippen molar-refractivity contribution >= 4 is 44.1 Å². The number of benzene rings is 2. The van der Waals surface area contributed by atoms with E-state index in [1.54, 1.807) is 12.3 Å². The maximum Gasteiger partial charge on any atom is 0.229 e. The molecule has 2 aromatic heterocycles. The molecule has 1 saturated heterocycles. The number of pyridine rings is 1. The summed E-state index contributed by atoms with van der Waals surface area (Å²) >= 11 is 0. The van der Waals surface area contributed by atoms with Gasteiger partial charge in [0.25, 0.3) is 0 Å². The van der Waals surface area contributed by atoms with Crippen LogP contribution in [0.2, 0.25) is 0 Å². The van der Waals surface area contributed by atoms with Crippen molar-refractivity contribution in [2.75, 3.05) is 47.8 Å². The van der Waals surface area contributed by atoms with Gasteiger partial charge in [-0.2, -0.15) is 0 Å². The van der Waals surface area contributed by atoms with Crippen molar-refractivity contribution in [2.45, 2.75) is 19.8 Å². The first kappa shape index (κ1) is 24.9. The van der Waals surface area contributed by atoms with E-state index in [0.717, 1.165) is 52.8 Å². The number of fused-ring (bicyclic) bond motifs is 1. The van der Waals surface area contributed by atoms with E-state index >= 15 is 0 Å². The molecule has 3 heterocycles. The molecule has 0 radical (unpaired) electrons. The zero-order valence-electron chi connectivity index (χ0n) is 21.0. The van der Waals surface area contributed by atoms with Crippen molar-refractivity contribution in [3.8, 4) is 11.1 Å². The van der Waals surface area contributed by atoms with Crippen LogP contribution in [0.1, 0.15) is 18.4 Å². The second-order valence-electron chi connectivity index (χ2n) is 9.37. The third-order valence-corrected chi connectivity index (χ3v) is 7.00. The molecule has 0 atom stereocenters. The first-order chi connectivity index (χ1) is 17.8. The third kappa shape index (κ3) is 6.33. The molecule has 1 fully saturated rings. The summed E-state index contributed by atoms with van der Waals surface area (Å²) in [7, 11) is -3.39. The molecule has 192 valence electrons. The lowest BCUT2D eigenvalue weighted by Gasteiger charge is -2.15. The first-order valence-electron chi connectivity index (χ1n) is 12.4. The van der Waals surface area contributed by atoms with Gasteiger partial charge in [0.05, 0.1) is 17.5 Å². The Morgan fingerprint density at radius 2 is 1.84 bits per heavy atom. The highest BCUT2D eigenvalue weighted by Gasteiger charge is 2.12.